The predicted molar refractivity (Wildman–Crippen MR) is 91.0 cm³/mol. The standard InChI is InChI=1S/C17H27NO8/c1-12(2)16(22)25-9-8-24-14(20)7-6-13(19)18-10-15(21)26-17(3,4)11-23-5/h1,6-11H2,2-5H3,(H,18,19). The second-order valence-electron chi connectivity index (χ2n) is 6.08. The van der Waals surface area contributed by atoms with Gasteiger partial charge in [-0.1, -0.05) is 6.58 Å². The zero-order valence-corrected chi connectivity index (χ0v) is 15.7. The van der Waals surface area contributed by atoms with Crippen molar-refractivity contribution in [3.63, 3.8) is 0 Å². The van der Waals surface area contributed by atoms with Gasteiger partial charge >= 0.3 is 17.9 Å². The van der Waals surface area contributed by atoms with Gasteiger partial charge in [0.25, 0.3) is 0 Å². The molecule has 0 saturated carbocycles. The van der Waals surface area contributed by atoms with Crippen molar-refractivity contribution in [1.82, 2.24) is 5.32 Å². The highest BCUT2D eigenvalue weighted by molar-refractivity contribution is 5.87. The maximum Gasteiger partial charge on any atom is 0.333 e. The minimum absolute atomic E-state index is 0.0905. The van der Waals surface area contributed by atoms with Crippen molar-refractivity contribution in [2.24, 2.45) is 0 Å². The number of hydrogen-bond donors (Lipinski definition) is 1. The Kier molecular flexibility index (Phi) is 10.9. The van der Waals surface area contributed by atoms with E-state index >= 15 is 0 Å². The third-order valence-electron chi connectivity index (χ3n) is 2.80. The summed E-state index contributed by atoms with van der Waals surface area (Å²) in [5.74, 6) is -2.28. The van der Waals surface area contributed by atoms with E-state index in [1.54, 1.807) is 13.8 Å². The highest BCUT2D eigenvalue weighted by Gasteiger charge is 2.22. The zero-order valence-electron chi connectivity index (χ0n) is 15.7. The molecule has 0 aromatic heterocycles. The molecule has 0 fully saturated rings. The highest BCUT2D eigenvalue weighted by Crippen LogP contribution is 2.09. The van der Waals surface area contributed by atoms with Crippen molar-refractivity contribution in [2.45, 2.75) is 39.2 Å². The van der Waals surface area contributed by atoms with E-state index in [0.29, 0.717) is 0 Å². The second-order valence-corrected chi connectivity index (χ2v) is 6.08. The van der Waals surface area contributed by atoms with Gasteiger partial charge in [-0.25, -0.2) is 4.79 Å². The number of carbonyl (C=O) groups excluding carboxylic acids is 4. The molecule has 0 saturated heterocycles. The van der Waals surface area contributed by atoms with Crippen LogP contribution in [0.15, 0.2) is 12.2 Å². The van der Waals surface area contributed by atoms with Gasteiger partial charge in [0.2, 0.25) is 5.91 Å². The molecule has 0 aromatic rings. The van der Waals surface area contributed by atoms with E-state index in [4.69, 9.17) is 18.9 Å². The number of carbonyl (C=O) groups is 4. The fourth-order valence-electron chi connectivity index (χ4n) is 1.68. The SMILES string of the molecule is C=C(C)C(=O)OCCOC(=O)CCC(=O)NCC(=O)OC(C)(C)COC. The summed E-state index contributed by atoms with van der Waals surface area (Å²) >= 11 is 0. The maximum absolute atomic E-state index is 11.6. The molecular formula is C17H27NO8. The lowest BCUT2D eigenvalue weighted by atomic mass is 10.1. The summed E-state index contributed by atoms with van der Waals surface area (Å²) in [6.45, 7) is 7.99. The molecule has 0 heterocycles. The van der Waals surface area contributed by atoms with Gasteiger partial charge in [0.1, 0.15) is 25.4 Å². The Morgan fingerprint density at radius 2 is 1.62 bits per heavy atom. The van der Waals surface area contributed by atoms with Gasteiger partial charge in [-0.05, 0) is 20.8 Å². The van der Waals surface area contributed by atoms with Crippen molar-refractivity contribution < 1.29 is 38.1 Å². The fraction of sp³-hybridized carbons (Fsp3) is 0.647. The molecule has 9 heteroatoms. The lowest BCUT2D eigenvalue weighted by Gasteiger charge is -2.24. The van der Waals surface area contributed by atoms with Crippen LogP contribution < -0.4 is 5.32 Å². The normalized spacial score (nSPS) is 10.6. The average molecular weight is 373 g/mol. The first-order valence-corrected chi connectivity index (χ1v) is 8.03. The largest absolute Gasteiger partial charge is 0.462 e. The summed E-state index contributed by atoms with van der Waals surface area (Å²) in [7, 11) is 1.49. The van der Waals surface area contributed by atoms with Gasteiger partial charge < -0.3 is 24.3 Å². The van der Waals surface area contributed by atoms with Gasteiger partial charge in [0.05, 0.1) is 13.0 Å². The molecule has 0 rings (SSSR count). The third-order valence-corrected chi connectivity index (χ3v) is 2.80. The number of esters is 3. The van der Waals surface area contributed by atoms with Crippen molar-refractivity contribution in [3.8, 4) is 0 Å². The monoisotopic (exact) mass is 373 g/mol. The lowest BCUT2D eigenvalue weighted by molar-refractivity contribution is -0.160. The van der Waals surface area contributed by atoms with Gasteiger partial charge in [0.15, 0.2) is 0 Å². The molecular weight excluding hydrogens is 346 g/mol. The van der Waals surface area contributed by atoms with Crippen LogP contribution in [0.4, 0.5) is 0 Å². The molecule has 0 unspecified atom stereocenters. The van der Waals surface area contributed by atoms with E-state index in [9.17, 15) is 19.2 Å². The lowest BCUT2D eigenvalue weighted by Crippen LogP contribution is -2.38. The van der Waals surface area contributed by atoms with Crippen molar-refractivity contribution in [3.05, 3.63) is 12.2 Å². The molecule has 0 atom stereocenters. The van der Waals surface area contributed by atoms with Crippen molar-refractivity contribution in [2.75, 3.05) is 33.5 Å². The number of methoxy groups -OCH3 is 1. The van der Waals surface area contributed by atoms with Crippen LogP contribution in [0.25, 0.3) is 0 Å². The molecule has 9 nitrogen and oxygen atoms in total. The second kappa shape index (κ2) is 12.0. The van der Waals surface area contributed by atoms with E-state index in [-0.39, 0.29) is 44.8 Å². The van der Waals surface area contributed by atoms with Crippen LogP contribution in [0.3, 0.4) is 0 Å². The molecule has 0 aromatic carbocycles. The van der Waals surface area contributed by atoms with Crippen molar-refractivity contribution in [1.29, 1.82) is 0 Å². The molecule has 0 aliphatic heterocycles. The quantitative estimate of drug-likeness (QED) is 0.228. The first-order valence-electron chi connectivity index (χ1n) is 8.03. The summed E-state index contributed by atoms with van der Waals surface area (Å²) in [4.78, 5) is 45.8. The Hall–Kier alpha value is -2.42. The summed E-state index contributed by atoms with van der Waals surface area (Å²) in [5.41, 5.74) is -0.550. The molecule has 26 heavy (non-hydrogen) atoms. The highest BCUT2D eigenvalue weighted by atomic mass is 16.6. The third kappa shape index (κ3) is 12.0. The Labute approximate surface area is 153 Å². The number of rotatable bonds is 12. The fourth-order valence-corrected chi connectivity index (χ4v) is 1.68. The van der Waals surface area contributed by atoms with E-state index in [0.717, 1.165) is 0 Å². The molecule has 0 spiro atoms. The topological polar surface area (TPSA) is 117 Å². The van der Waals surface area contributed by atoms with Crippen LogP contribution in [0.2, 0.25) is 0 Å². The molecule has 1 N–H and O–H groups in total. The van der Waals surface area contributed by atoms with E-state index in [1.165, 1.54) is 14.0 Å². The Balaban J connectivity index is 3.87. The summed E-state index contributed by atoms with van der Waals surface area (Å²) in [6.07, 6.45) is -0.302. The first-order chi connectivity index (χ1) is 12.1. The molecule has 0 bridgehead atoms. The summed E-state index contributed by atoms with van der Waals surface area (Å²) in [5, 5.41) is 2.36. The van der Waals surface area contributed by atoms with Crippen LogP contribution in [-0.2, 0) is 38.1 Å². The maximum atomic E-state index is 11.6. The zero-order chi connectivity index (χ0) is 20.2. The van der Waals surface area contributed by atoms with Crippen molar-refractivity contribution >= 4 is 23.8 Å². The number of hydrogen-bond acceptors (Lipinski definition) is 8. The smallest absolute Gasteiger partial charge is 0.333 e. The molecule has 1 amide bonds. The van der Waals surface area contributed by atoms with Crippen LogP contribution in [0, 0.1) is 0 Å². The minimum atomic E-state index is -0.798. The first kappa shape index (κ1) is 23.6. The predicted octanol–water partition coefficient (Wildman–Crippen LogP) is 0.514. The van der Waals surface area contributed by atoms with E-state index in [2.05, 4.69) is 11.9 Å². The van der Waals surface area contributed by atoms with Crippen LogP contribution >= 0.6 is 0 Å². The van der Waals surface area contributed by atoms with Gasteiger partial charge in [-0.2, -0.15) is 0 Å². The Bertz CT molecular complexity index is 527. The van der Waals surface area contributed by atoms with E-state index < -0.39 is 29.4 Å². The molecule has 0 radical (unpaired) electrons. The average Bonchev–Trinajstić information content (AvgIpc) is 2.54. The van der Waals surface area contributed by atoms with Gasteiger partial charge in [-0.15, -0.1) is 0 Å². The Morgan fingerprint density at radius 1 is 1.00 bits per heavy atom. The van der Waals surface area contributed by atoms with Gasteiger partial charge in [-0.3, -0.25) is 14.4 Å². The number of amides is 1. The number of nitrogens with one attached hydrogen (secondary N) is 1. The van der Waals surface area contributed by atoms with Crippen LogP contribution in [-0.4, -0.2) is 62.9 Å². The molecule has 0 aliphatic rings. The molecule has 0 aliphatic carbocycles. The summed E-state index contributed by atoms with van der Waals surface area (Å²) in [6, 6.07) is 0. The number of ether oxygens (including phenoxy) is 4. The Morgan fingerprint density at radius 3 is 2.19 bits per heavy atom. The van der Waals surface area contributed by atoms with Crippen LogP contribution in [0.1, 0.15) is 33.6 Å². The van der Waals surface area contributed by atoms with Gasteiger partial charge in [0, 0.05) is 19.1 Å². The molecule has 148 valence electrons. The van der Waals surface area contributed by atoms with Crippen LogP contribution in [0.5, 0.6) is 0 Å². The van der Waals surface area contributed by atoms with E-state index in [1.807, 2.05) is 0 Å². The minimum Gasteiger partial charge on any atom is -0.462 e. The summed E-state index contributed by atoms with van der Waals surface area (Å²) < 4.78 is 19.6.